The number of rotatable bonds is 1. The Labute approximate surface area is 68.9 Å². The summed E-state index contributed by atoms with van der Waals surface area (Å²) >= 11 is 0. The molecule has 0 spiro atoms. The molecule has 2 N–H and O–H groups in total. The molecule has 0 radical (unpaired) electrons. The molecule has 2 nitrogen and oxygen atoms in total. The third-order valence-electron chi connectivity index (χ3n) is 2.98. The predicted molar refractivity (Wildman–Crippen MR) is 46.7 cm³/mol. The maximum absolute atomic E-state index is 2.70. The van der Waals surface area contributed by atoms with Crippen LogP contribution in [0.15, 0.2) is 0 Å². The van der Waals surface area contributed by atoms with Gasteiger partial charge in [0.2, 0.25) is 0 Å². The summed E-state index contributed by atoms with van der Waals surface area (Å²) in [7, 11) is 0. The molecule has 0 bridgehead atoms. The lowest BCUT2D eigenvalue weighted by Crippen LogP contribution is -2.42. The molecule has 0 aromatic carbocycles. The monoisotopic (exact) mass is 157 g/mol. The maximum Gasteiger partial charge on any atom is 0.00952 e. The summed E-state index contributed by atoms with van der Waals surface area (Å²) in [5.74, 6) is 0. The summed E-state index contributed by atoms with van der Waals surface area (Å²) in [5, 5.41) is 0. The van der Waals surface area contributed by atoms with Gasteiger partial charge in [0, 0.05) is 6.04 Å². The summed E-state index contributed by atoms with van der Waals surface area (Å²) in [6.45, 7) is 2.79. The Bertz CT molecular complexity index is 106. The zero-order valence-electron chi connectivity index (χ0n) is 7.18. The van der Waals surface area contributed by atoms with Crippen LogP contribution in [-0.4, -0.2) is 29.5 Å². The molecule has 1 saturated heterocycles. The van der Waals surface area contributed by atoms with Gasteiger partial charge in [-0.05, 0) is 38.8 Å². The van der Waals surface area contributed by atoms with E-state index in [1.165, 1.54) is 51.6 Å². The lowest BCUT2D eigenvalue weighted by Gasteiger charge is -2.39. The fourth-order valence-corrected chi connectivity index (χ4v) is 2.04. The standard InChI is InChI=1S/C9H17N.H2O/c1-2-7-10(8-3-1)9-5-4-6-9;/h9H,1-8H2;1H2. The van der Waals surface area contributed by atoms with Gasteiger partial charge in [-0.3, -0.25) is 0 Å². The van der Waals surface area contributed by atoms with Crippen molar-refractivity contribution in [2.75, 3.05) is 13.1 Å². The number of nitrogens with zero attached hydrogens (tertiary/aromatic N) is 1. The summed E-state index contributed by atoms with van der Waals surface area (Å²) < 4.78 is 0. The Morgan fingerprint density at radius 2 is 1.45 bits per heavy atom. The molecule has 0 aromatic rings. The van der Waals surface area contributed by atoms with Crippen molar-refractivity contribution < 1.29 is 5.48 Å². The first-order valence-corrected chi connectivity index (χ1v) is 4.71. The van der Waals surface area contributed by atoms with Gasteiger partial charge >= 0.3 is 0 Å². The van der Waals surface area contributed by atoms with Gasteiger partial charge in [-0.15, -0.1) is 0 Å². The van der Waals surface area contributed by atoms with E-state index in [4.69, 9.17) is 0 Å². The van der Waals surface area contributed by atoms with Crippen molar-refractivity contribution in [1.29, 1.82) is 0 Å². The van der Waals surface area contributed by atoms with Crippen LogP contribution >= 0.6 is 0 Å². The quantitative estimate of drug-likeness (QED) is 0.563. The zero-order chi connectivity index (χ0) is 6.81. The van der Waals surface area contributed by atoms with Crippen LogP contribution < -0.4 is 0 Å². The minimum absolute atomic E-state index is 0. The summed E-state index contributed by atoms with van der Waals surface area (Å²) in [5.41, 5.74) is 0. The number of hydrogen-bond acceptors (Lipinski definition) is 1. The first-order chi connectivity index (χ1) is 4.97. The zero-order valence-corrected chi connectivity index (χ0v) is 7.18. The molecule has 1 aliphatic carbocycles. The first kappa shape index (κ1) is 9.01. The number of piperidine rings is 1. The molecule has 66 valence electrons. The second-order valence-electron chi connectivity index (χ2n) is 3.68. The fraction of sp³-hybridized carbons (Fsp3) is 1.00. The van der Waals surface area contributed by atoms with Gasteiger partial charge in [-0.1, -0.05) is 12.8 Å². The SMILES string of the molecule is C1CCN(C2CCC2)CC1.O. The van der Waals surface area contributed by atoms with Crippen LogP contribution in [0.1, 0.15) is 38.5 Å². The highest BCUT2D eigenvalue weighted by atomic mass is 16.0. The minimum atomic E-state index is 0. The topological polar surface area (TPSA) is 34.7 Å². The molecule has 1 heterocycles. The smallest absolute Gasteiger partial charge is 0.00952 e. The second kappa shape index (κ2) is 4.07. The average molecular weight is 157 g/mol. The van der Waals surface area contributed by atoms with Crippen molar-refractivity contribution in [3.8, 4) is 0 Å². The normalized spacial score (nSPS) is 27.3. The molecule has 2 heteroatoms. The number of hydrogen-bond donors (Lipinski definition) is 0. The van der Waals surface area contributed by atoms with Crippen molar-refractivity contribution >= 4 is 0 Å². The Hall–Kier alpha value is -0.0800. The van der Waals surface area contributed by atoms with E-state index in [0.717, 1.165) is 6.04 Å². The maximum atomic E-state index is 2.70. The van der Waals surface area contributed by atoms with Crippen LogP contribution in [-0.2, 0) is 0 Å². The molecule has 0 aromatic heterocycles. The van der Waals surface area contributed by atoms with E-state index in [2.05, 4.69) is 4.90 Å². The lowest BCUT2D eigenvalue weighted by molar-refractivity contribution is 0.105. The fourth-order valence-electron chi connectivity index (χ4n) is 2.04. The van der Waals surface area contributed by atoms with Gasteiger partial charge in [-0.25, -0.2) is 0 Å². The molecule has 0 amide bonds. The van der Waals surface area contributed by atoms with Gasteiger partial charge in [0.05, 0.1) is 0 Å². The van der Waals surface area contributed by atoms with E-state index in [1.54, 1.807) is 0 Å². The van der Waals surface area contributed by atoms with Crippen molar-refractivity contribution in [2.24, 2.45) is 0 Å². The van der Waals surface area contributed by atoms with Crippen molar-refractivity contribution in [1.82, 2.24) is 4.90 Å². The average Bonchev–Trinajstić information content (AvgIpc) is 1.86. The molecule has 1 saturated carbocycles. The highest BCUT2D eigenvalue weighted by Crippen LogP contribution is 2.26. The first-order valence-electron chi connectivity index (χ1n) is 4.71. The van der Waals surface area contributed by atoms with Crippen LogP contribution in [0.3, 0.4) is 0 Å². The van der Waals surface area contributed by atoms with Crippen molar-refractivity contribution in [3.05, 3.63) is 0 Å². The Morgan fingerprint density at radius 1 is 0.818 bits per heavy atom. The molecule has 2 aliphatic rings. The molecule has 0 unspecified atom stereocenters. The number of likely N-dealkylation sites (tertiary alicyclic amines) is 1. The summed E-state index contributed by atoms with van der Waals surface area (Å²) in [4.78, 5) is 2.70. The van der Waals surface area contributed by atoms with Gasteiger partial charge in [0.1, 0.15) is 0 Å². The molecular weight excluding hydrogens is 138 g/mol. The molecule has 2 rings (SSSR count). The largest absolute Gasteiger partial charge is 0.412 e. The van der Waals surface area contributed by atoms with Crippen LogP contribution in [0.25, 0.3) is 0 Å². The highest BCUT2D eigenvalue weighted by Gasteiger charge is 2.25. The van der Waals surface area contributed by atoms with E-state index in [9.17, 15) is 0 Å². The Morgan fingerprint density at radius 3 is 1.91 bits per heavy atom. The van der Waals surface area contributed by atoms with Crippen molar-refractivity contribution in [3.63, 3.8) is 0 Å². The van der Waals surface area contributed by atoms with E-state index in [1.807, 2.05) is 0 Å². The molecular formula is C9H19NO. The second-order valence-corrected chi connectivity index (χ2v) is 3.68. The third-order valence-corrected chi connectivity index (χ3v) is 2.98. The van der Waals surface area contributed by atoms with Gasteiger partial charge in [0.15, 0.2) is 0 Å². The van der Waals surface area contributed by atoms with E-state index in [0.29, 0.717) is 0 Å². The molecule has 0 atom stereocenters. The van der Waals surface area contributed by atoms with Gasteiger partial charge in [0.25, 0.3) is 0 Å². The minimum Gasteiger partial charge on any atom is -0.412 e. The van der Waals surface area contributed by atoms with Crippen LogP contribution in [0.2, 0.25) is 0 Å². The predicted octanol–water partition coefficient (Wildman–Crippen LogP) is 1.20. The van der Waals surface area contributed by atoms with Crippen LogP contribution in [0, 0.1) is 0 Å². The Kier molecular flexibility index (Phi) is 3.34. The highest BCUT2D eigenvalue weighted by molar-refractivity contribution is 4.81. The van der Waals surface area contributed by atoms with E-state index < -0.39 is 0 Å². The van der Waals surface area contributed by atoms with Crippen LogP contribution in [0.4, 0.5) is 0 Å². The van der Waals surface area contributed by atoms with Crippen molar-refractivity contribution in [2.45, 2.75) is 44.6 Å². The molecule has 1 aliphatic heterocycles. The Balaban J connectivity index is 0.000000605. The molecule has 11 heavy (non-hydrogen) atoms. The third kappa shape index (κ3) is 1.94. The van der Waals surface area contributed by atoms with Gasteiger partial charge < -0.3 is 10.4 Å². The van der Waals surface area contributed by atoms with Crippen LogP contribution in [0.5, 0.6) is 0 Å². The van der Waals surface area contributed by atoms with E-state index >= 15 is 0 Å². The summed E-state index contributed by atoms with van der Waals surface area (Å²) in [6, 6.07) is 1.00. The van der Waals surface area contributed by atoms with E-state index in [-0.39, 0.29) is 5.48 Å². The molecule has 2 fully saturated rings. The lowest BCUT2D eigenvalue weighted by atomic mass is 9.90. The summed E-state index contributed by atoms with van der Waals surface area (Å²) in [6.07, 6.45) is 8.84. The van der Waals surface area contributed by atoms with Gasteiger partial charge in [-0.2, -0.15) is 0 Å².